The molecule has 0 spiro atoms. The number of benzene rings is 1. The maximum absolute atomic E-state index is 12.1. The molecule has 1 heterocycles. The number of hydrogen-bond donors (Lipinski definition) is 2. The topological polar surface area (TPSA) is 79.3 Å². The summed E-state index contributed by atoms with van der Waals surface area (Å²) < 4.78 is 0. The van der Waals surface area contributed by atoms with E-state index in [1.165, 1.54) is 11.3 Å². The Balaban J connectivity index is 1.69. The Labute approximate surface area is 132 Å². The molecule has 3 rings (SSSR count). The Bertz CT molecular complexity index is 693. The van der Waals surface area contributed by atoms with Crippen molar-refractivity contribution >= 4 is 28.9 Å². The highest BCUT2D eigenvalue weighted by atomic mass is 32.1. The van der Waals surface area contributed by atoms with Gasteiger partial charge in [-0.05, 0) is 25.0 Å². The van der Waals surface area contributed by atoms with Crippen LogP contribution in [0.5, 0.6) is 0 Å². The first kappa shape index (κ1) is 14.7. The number of hydrogen-bond acceptors (Lipinski definition) is 4. The number of amides is 1. The minimum Gasteiger partial charge on any atom is -0.481 e. The Morgan fingerprint density at radius 3 is 2.77 bits per heavy atom. The van der Waals surface area contributed by atoms with Crippen molar-refractivity contribution in [2.75, 3.05) is 5.32 Å². The maximum Gasteiger partial charge on any atom is 0.310 e. The Hall–Kier alpha value is -2.21. The highest BCUT2D eigenvalue weighted by Crippen LogP contribution is 2.44. The lowest BCUT2D eigenvalue weighted by Gasteiger charge is -2.36. The summed E-state index contributed by atoms with van der Waals surface area (Å²) in [6.07, 6.45) is 3.80. The molecule has 2 N–H and O–H groups in total. The summed E-state index contributed by atoms with van der Waals surface area (Å²) in [4.78, 5) is 27.7. The zero-order chi connectivity index (χ0) is 15.6. The van der Waals surface area contributed by atoms with Gasteiger partial charge >= 0.3 is 5.97 Å². The lowest BCUT2D eigenvalue weighted by atomic mass is 9.66. The highest BCUT2D eigenvalue weighted by Gasteiger charge is 2.45. The number of nitrogens with one attached hydrogen (secondary N) is 1. The second-order valence-electron chi connectivity index (χ2n) is 5.58. The van der Waals surface area contributed by atoms with E-state index >= 15 is 0 Å². The van der Waals surface area contributed by atoms with Crippen LogP contribution < -0.4 is 5.32 Å². The van der Waals surface area contributed by atoms with Crippen molar-refractivity contribution in [2.24, 2.45) is 5.41 Å². The third-order valence-corrected chi connectivity index (χ3v) is 4.91. The summed E-state index contributed by atoms with van der Waals surface area (Å²) >= 11 is 1.53. The van der Waals surface area contributed by atoms with Crippen molar-refractivity contribution in [3.8, 4) is 10.6 Å². The molecule has 0 saturated heterocycles. The average molecular weight is 316 g/mol. The van der Waals surface area contributed by atoms with Crippen LogP contribution in [0.15, 0.2) is 35.8 Å². The van der Waals surface area contributed by atoms with Gasteiger partial charge in [-0.25, -0.2) is 4.98 Å². The number of carboxylic acids is 1. The van der Waals surface area contributed by atoms with Gasteiger partial charge in [0.15, 0.2) is 0 Å². The molecule has 1 aliphatic rings. The molecule has 1 saturated carbocycles. The summed E-state index contributed by atoms with van der Waals surface area (Å²) in [7, 11) is 0. The first-order valence-corrected chi connectivity index (χ1v) is 8.00. The van der Waals surface area contributed by atoms with Gasteiger partial charge in [0.2, 0.25) is 5.91 Å². The fraction of sp³-hybridized carbons (Fsp3) is 0.312. The largest absolute Gasteiger partial charge is 0.481 e. The van der Waals surface area contributed by atoms with Gasteiger partial charge in [-0.15, -0.1) is 11.3 Å². The molecule has 0 unspecified atom stereocenters. The van der Waals surface area contributed by atoms with E-state index in [1.54, 1.807) is 12.3 Å². The SMILES string of the molecule is O=C(CC1(C(=O)O)CCC1)Nc1cccc(-c2nccs2)c1. The lowest BCUT2D eigenvalue weighted by Crippen LogP contribution is -2.41. The van der Waals surface area contributed by atoms with Crippen molar-refractivity contribution in [3.63, 3.8) is 0 Å². The molecule has 1 aromatic carbocycles. The fourth-order valence-corrected chi connectivity index (χ4v) is 3.31. The predicted octanol–water partition coefficient (Wildman–Crippen LogP) is 3.39. The standard InChI is InChI=1S/C16H16N2O3S/c19-13(10-16(15(20)21)5-2-6-16)18-12-4-1-3-11(9-12)14-17-7-8-22-14/h1,3-4,7-9H,2,5-6,10H2,(H,18,19)(H,20,21). The smallest absolute Gasteiger partial charge is 0.310 e. The molecule has 2 aromatic rings. The van der Waals surface area contributed by atoms with Crippen LogP contribution in [0.25, 0.3) is 10.6 Å². The Morgan fingerprint density at radius 2 is 2.18 bits per heavy atom. The van der Waals surface area contributed by atoms with Crippen molar-refractivity contribution in [3.05, 3.63) is 35.8 Å². The van der Waals surface area contributed by atoms with Gasteiger partial charge < -0.3 is 10.4 Å². The van der Waals surface area contributed by atoms with Crippen LogP contribution in [-0.2, 0) is 9.59 Å². The minimum atomic E-state index is -0.870. The monoisotopic (exact) mass is 316 g/mol. The number of aliphatic carboxylic acids is 1. The van der Waals surface area contributed by atoms with Crippen LogP contribution in [0.2, 0.25) is 0 Å². The summed E-state index contributed by atoms with van der Waals surface area (Å²) in [5.74, 6) is -1.12. The molecular formula is C16H16N2O3S. The number of thiazole rings is 1. The first-order valence-electron chi connectivity index (χ1n) is 7.12. The number of aromatic nitrogens is 1. The Morgan fingerprint density at radius 1 is 1.36 bits per heavy atom. The molecule has 6 heteroatoms. The predicted molar refractivity (Wildman–Crippen MR) is 84.7 cm³/mol. The molecule has 1 amide bonds. The van der Waals surface area contributed by atoms with E-state index in [1.807, 2.05) is 23.6 Å². The van der Waals surface area contributed by atoms with Gasteiger partial charge in [-0.3, -0.25) is 9.59 Å². The van der Waals surface area contributed by atoms with Gasteiger partial charge in [0.25, 0.3) is 0 Å². The number of nitrogens with zero attached hydrogens (tertiary/aromatic N) is 1. The molecule has 1 aromatic heterocycles. The quantitative estimate of drug-likeness (QED) is 0.886. The van der Waals surface area contributed by atoms with E-state index in [0.717, 1.165) is 17.0 Å². The fourth-order valence-electron chi connectivity index (χ4n) is 2.68. The first-order chi connectivity index (χ1) is 10.6. The normalized spacial score (nSPS) is 15.8. The minimum absolute atomic E-state index is 0.0316. The zero-order valence-electron chi connectivity index (χ0n) is 11.9. The van der Waals surface area contributed by atoms with Crippen LogP contribution in [0.3, 0.4) is 0 Å². The average Bonchev–Trinajstić information content (AvgIpc) is 2.97. The van der Waals surface area contributed by atoms with Gasteiger partial charge in [-0.1, -0.05) is 18.6 Å². The number of carboxylic acid groups (broad SMARTS) is 1. The van der Waals surface area contributed by atoms with Gasteiger partial charge in [-0.2, -0.15) is 0 Å². The molecule has 1 aliphatic carbocycles. The highest BCUT2D eigenvalue weighted by molar-refractivity contribution is 7.13. The summed E-state index contributed by atoms with van der Waals surface area (Å²) in [5, 5.41) is 14.9. The summed E-state index contributed by atoms with van der Waals surface area (Å²) in [6.45, 7) is 0. The van der Waals surface area contributed by atoms with Crippen LogP contribution >= 0.6 is 11.3 Å². The zero-order valence-corrected chi connectivity index (χ0v) is 12.7. The molecule has 0 radical (unpaired) electrons. The molecule has 0 aliphatic heterocycles. The molecule has 1 fully saturated rings. The Kier molecular flexibility index (Phi) is 3.94. The number of carbonyl (C=O) groups excluding carboxylic acids is 1. The van der Waals surface area contributed by atoms with Crippen LogP contribution in [0.1, 0.15) is 25.7 Å². The second kappa shape index (κ2) is 5.88. The third kappa shape index (κ3) is 2.87. The second-order valence-corrected chi connectivity index (χ2v) is 6.48. The van der Waals surface area contributed by atoms with E-state index in [4.69, 9.17) is 0 Å². The van der Waals surface area contributed by atoms with Crippen LogP contribution in [0, 0.1) is 5.41 Å². The van der Waals surface area contributed by atoms with Crippen LogP contribution in [0.4, 0.5) is 5.69 Å². The van der Waals surface area contributed by atoms with Crippen molar-refractivity contribution in [1.29, 1.82) is 0 Å². The molecule has 0 bridgehead atoms. The van der Waals surface area contributed by atoms with E-state index in [9.17, 15) is 14.7 Å². The van der Waals surface area contributed by atoms with Gasteiger partial charge in [0.1, 0.15) is 5.01 Å². The van der Waals surface area contributed by atoms with Gasteiger partial charge in [0, 0.05) is 29.2 Å². The van der Waals surface area contributed by atoms with E-state index in [2.05, 4.69) is 10.3 Å². The van der Waals surface area contributed by atoms with Crippen molar-refractivity contribution in [2.45, 2.75) is 25.7 Å². The molecule has 5 nitrogen and oxygen atoms in total. The number of carbonyl (C=O) groups is 2. The lowest BCUT2D eigenvalue weighted by molar-refractivity contribution is -0.157. The summed E-state index contributed by atoms with van der Waals surface area (Å²) in [6, 6.07) is 7.43. The molecular weight excluding hydrogens is 300 g/mol. The molecule has 0 atom stereocenters. The van der Waals surface area contributed by atoms with E-state index in [0.29, 0.717) is 18.5 Å². The van der Waals surface area contributed by atoms with E-state index < -0.39 is 11.4 Å². The maximum atomic E-state index is 12.1. The van der Waals surface area contributed by atoms with Crippen LogP contribution in [-0.4, -0.2) is 22.0 Å². The molecule has 22 heavy (non-hydrogen) atoms. The summed E-state index contributed by atoms with van der Waals surface area (Å²) in [5.41, 5.74) is 0.735. The van der Waals surface area contributed by atoms with Crippen molar-refractivity contribution in [1.82, 2.24) is 4.98 Å². The van der Waals surface area contributed by atoms with E-state index in [-0.39, 0.29) is 12.3 Å². The number of rotatable bonds is 5. The number of anilines is 1. The van der Waals surface area contributed by atoms with Crippen molar-refractivity contribution < 1.29 is 14.7 Å². The third-order valence-electron chi connectivity index (χ3n) is 4.09. The molecule has 114 valence electrons. The van der Waals surface area contributed by atoms with Gasteiger partial charge in [0.05, 0.1) is 5.41 Å².